The third-order valence-corrected chi connectivity index (χ3v) is 5.18. The van der Waals surface area contributed by atoms with Crippen molar-refractivity contribution in [1.29, 1.82) is 0 Å². The largest absolute Gasteiger partial charge is 0.492 e. The SMILES string of the molecule is Cc1ccc(OCCNC(=O)NCC2CCN(Cc3ccccc3)CC2)cc1. The Morgan fingerprint density at radius 2 is 1.75 bits per heavy atom. The van der Waals surface area contributed by atoms with Gasteiger partial charge >= 0.3 is 6.03 Å². The van der Waals surface area contributed by atoms with Crippen molar-refractivity contribution < 1.29 is 9.53 Å². The number of aryl methyl sites for hydroxylation is 1. The number of urea groups is 1. The average Bonchev–Trinajstić information content (AvgIpc) is 2.73. The van der Waals surface area contributed by atoms with Gasteiger partial charge in [-0.2, -0.15) is 0 Å². The van der Waals surface area contributed by atoms with E-state index in [9.17, 15) is 4.79 Å². The highest BCUT2D eigenvalue weighted by Gasteiger charge is 2.19. The van der Waals surface area contributed by atoms with Gasteiger partial charge in [0.15, 0.2) is 0 Å². The summed E-state index contributed by atoms with van der Waals surface area (Å²) in [5, 5.41) is 5.86. The summed E-state index contributed by atoms with van der Waals surface area (Å²) in [6.07, 6.45) is 2.26. The molecule has 2 aromatic rings. The molecule has 1 aliphatic heterocycles. The minimum atomic E-state index is -0.112. The van der Waals surface area contributed by atoms with Crippen LogP contribution in [-0.2, 0) is 6.54 Å². The van der Waals surface area contributed by atoms with E-state index in [1.54, 1.807) is 0 Å². The molecule has 0 spiro atoms. The Morgan fingerprint density at radius 3 is 2.46 bits per heavy atom. The molecule has 150 valence electrons. The van der Waals surface area contributed by atoms with Crippen LogP contribution in [0, 0.1) is 12.8 Å². The normalized spacial score (nSPS) is 15.2. The molecule has 3 rings (SSSR count). The first-order valence-corrected chi connectivity index (χ1v) is 10.2. The second kappa shape index (κ2) is 10.7. The van der Waals surface area contributed by atoms with Gasteiger partial charge < -0.3 is 15.4 Å². The predicted octanol–water partition coefficient (Wildman–Crippen LogP) is 3.59. The van der Waals surface area contributed by atoms with Crippen LogP contribution in [0.25, 0.3) is 0 Å². The fourth-order valence-corrected chi connectivity index (χ4v) is 3.46. The van der Waals surface area contributed by atoms with Crippen molar-refractivity contribution in [2.75, 3.05) is 32.8 Å². The molecular formula is C23H31N3O2. The molecule has 5 nitrogen and oxygen atoms in total. The molecule has 0 atom stereocenters. The molecule has 2 amide bonds. The lowest BCUT2D eigenvalue weighted by Crippen LogP contribution is -2.42. The molecule has 0 saturated carbocycles. The van der Waals surface area contributed by atoms with E-state index in [4.69, 9.17) is 4.74 Å². The number of piperidine rings is 1. The van der Waals surface area contributed by atoms with Crippen molar-refractivity contribution in [3.05, 3.63) is 65.7 Å². The summed E-state index contributed by atoms with van der Waals surface area (Å²) >= 11 is 0. The maximum Gasteiger partial charge on any atom is 0.314 e. The summed E-state index contributed by atoms with van der Waals surface area (Å²) in [4.78, 5) is 14.5. The number of carbonyl (C=O) groups is 1. The van der Waals surface area contributed by atoms with E-state index in [0.717, 1.165) is 44.8 Å². The van der Waals surface area contributed by atoms with Crippen LogP contribution in [0.15, 0.2) is 54.6 Å². The van der Waals surface area contributed by atoms with Gasteiger partial charge in [0.05, 0.1) is 6.54 Å². The quantitative estimate of drug-likeness (QED) is 0.687. The number of carbonyl (C=O) groups excluding carboxylic acids is 1. The number of hydrogen-bond acceptors (Lipinski definition) is 3. The summed E-state index contributed by atoms with van der Waals surface area (Å²) in [6.45, 7) is 6.94. The molecule has 0 bridgehead atoms. The van der Waals surface area contributed by atoms with Gasteiger partial charge in [-0.05, 0) is 56.5 Å². The fourth-order valence-electron chi connectivity index (χ4n) is 3.46. The standard InChI is InChI=1S/C23H31N3O2/c1-19-7-9-22(10-8-19)28-16-13-24-23(27)25-17-20-11-14-26(15-12-20)18-21-5-3-2-4-6-21/h2-10,20H,11-18H2,1H3,(H2,24,25,27). The Morgan fingerprint density at radius 1 is 1.04 bits per heavy atom. The van der Waals surface area contributed by atoms with Crippen molar-refractivity contribution in [2.45, 2.75) is 26.3 Å². The molecule has 1 fully saturated rings. The Labute approximate surface area is 168 Å². The Bertz CT molecular complexity index is 710. The van der Waals surface area contributed by atoms with Gasteiger partial charge in [0.25, 0.3) is 0 Å². The van der Waals surface area contributed by atoms with E-state index in [1.165, 1.54) is 11.1 Å². The Balaban J connectivity index is 1.24. The van der Waals surface area contributed by atoms with Crippen LogP contribution in [0.4, 0.5) is 4.79 Å². The van der Waals surface area contributed by atoms with Crippen LogP contribution in [0.3, 0.4) is 0 Å². The number of ether oxygens (including phenoxy) is 1. The van der Waals surface area contributed by atoms with Crippen LogP contribution in [-0.4, -0.2) is 43.7 Å². The Hall–Kier alpha value is -2.53. The minimum absolute atomic E-state index is 0.112. The number of likely N-dealkylation sites (tertiary alicyclic amines) is 1. The zero-order valence-electron chi connectivity index (χ0n) is 16.7. The molecule has 0 aromatic heterocycles. The number of nitrogens with zero attached hydrogens (tertiary/aromatic N) is 1. The van der Waals surface area contributed by atoms with E-state index < -0.39 is 0 Å². The van der Waals surface area contributed by atoms with E-state index in [2.05, 4.69) is 45.9 Å². The molecule has 0 unspecified atom stereocenters. The summed E-state index contributed by atoms with van der Waals surface area (Å²) in [7, 11) is 0. The molecule has 0 radical (unpaired) electrons. The first kappa shape index (κ1) is 20.2. The number of benzene rings is 2. The summed E-state index contributed by atoms with van der Waals surface area (Å²) in [6, 6.07) is 18.4. The maximum atomic E-state index is 12.0. The molecule has 1 saturated heterocycles. The monoisotopic (exact) mass is 381 g/mol. The van der Waals surface area contributed by atoms with E-state index in [1.807, 2.05) is 31.2 Å². The molecule has 2 aromatic carbocycles. The van der Waals surface area contributed by atoms with Crippen LogP contribution >= 0.6 is 0 Å². The molecular weight excluding hydrogens is 350 g/mol. The smallest absolute Gasteiger partial charge is 0.314 e. The van der Waals surface area contributed by atoms with E-state index in [0.29, 0.717) is 19.1 Å². The number of rotatable bonds is 8. The van der Waals surface area contributed by atoms with Gasteiger partial charge in [0.2, 0.25) is 0 Å². The van der Waals surface area contributed by atoms with E-state index in [-0.39, 0.29) is 6.03 Å². The molecule has 28 heavy (non-hydrogen) atoms. The molecule has 1 aliphatic rings. The van der Waals surface area contributed by atoms with Crippen LogP contribution in [0.1, 0.15) is 24.0 Å². The molecule has 1 heterocycles. The lowest BCUT2D eigenvalue weighted by Gasteiger charge is -2.32. The van der Waals surface area contributed by atoms with Gasteiger partial charge in [0.1, 0.15) is 12.4 Å². The first-order valence-electron chi connectivity index (χ1n) is 10.2. The van der Waals surface area contributed by atoms with Crippen LogP contribution in [0.5, 0.6) is 5.75 Å². The zero-order valence-corrected chi connectivity index (χ0v) is 16.7. The highest BCUT2D eigenvalue weighted by Crippen LogP contribution is 2.18. The first-order chi connectivity index (χ1) is 13.7. The third-order valence-electron chi connectivity index (χ3n) is 5.18. The van der Waals surface area contributed by atoms with Crippen molar-refractivity contribution in [2.24, 2.45) is 5.92 Å². The second-order valence-corrected chi connectivity index (χ2v) is 7.50. The highest BCUT2D eigenvalue weighted by molar-refractivity contribution is 5.73. The minimum Gasteiger partial charge on any atom is -0.492 e. The lowest BCUT2D eigenvalue weighted by molar-refractivity contribution is 0.174. The molecule has 2 N–H and O–H groups in total. The number of amides is 2. The molecule has 5 heteroatoms. The van der Waals surface area contributed by atoms with Gasteiger partial charge in [-0.1, -0.05) is 48.0 Å². The highest BCUT2D eigenvalue weighted by atomic mass is 16.5. The van der Waals surface area contributed by atoms with E-state index >= 15 is 0 Å². The topological polar surface area (TPSA) is 53.6 Å². The molecule has 0 aliphatic carbocycles. The summed E-state index contributed by atoms with van der Waals surface area (Å²) < 4.78 is 5.62. The van der Waals surface area contributed by atoms with Crippen LogP contribution < -0.4 is 15.4 Å². The number of hydrogen-bond donors (Lipinski definition) is 2. The van der Waals surface area contributed by atoms with Gasteiger partial charge in [-0.15, -0.1) is 0 Å². The average molecular weight is 382 g/mol. The Kier molecular flexibility index (Phi) is 7.73. The van der Waals surface area contributed by atoms with Crippen LogP contribution in [0.2, 0.25) is 0 Å². The van der Waals surface area contributed by atoms with Gasteiger partial charge in [-0.25, -0.2) is 4.79 Å². The number of nitrogens with one attached hydrogen (secondary N) is 2. The van der Waals surface area contributed by atoms with Gasteiger partial charge in [-0.3, -0.25) is 4.90 Å². The van der Waals surface area contributed by atoms with Gasteiger partial charge in [0, 0.05) is 13.1 Å². The third kappa shape index (κ3) is 6.89. The van der Waals surface area contributed by atoms with Crippen molar-refractivity contribution in [3.8, 4) is 5.75 Å². The predicted molar refractivity (Wildman–Crippen MR) is 113 cm³/mol. The fraction of sp³-hybridized carbons (Fsp3) is 0.435. The maximum absolute atomic E-state index is 12.0. The van der Waals surface area contributed by atoms with Crippen molar-refractivity contribution in [3.63, 3.8) is 0 Å². The zero-order chi connectivity index (χ0) is 19.6. The summed E-state index contributed by atoms with van der Waals surface area (Å²) in [5.41, 5.74) is 2.57. The second-order valence-electron chi connectivity index (χ2n) is 7.50. The summed E-state index contributed by atoms with van der Waals surface area (Å²) in [5.74, 6) is 1.39. The van der Waals surface area contributed by atoms with Crippen molar-refractivity contribution >= 4 is 6.03 Å². The van der Waals surface area contributed by atoms with Crippen molar-refractivity contribution in [1.82, 2.24) is 15.5 Å². The lowest BCUT2D eigenvalue weighted by atomic mass is 9.96.